The maximum Gasteiger partial charge on any atom is 0.227 e. The van der Waals surface area contributed by atoms with Crippen molar-refractivity contribution in [3.63, 3.8) is 0 Å². The van der Waals surface area contributed by atoms with E-state index in [1.54, 1.807) is 24.8 Å². The second-order valence-corrected chi connectivity index (χ2v) is 10.1. The number of H-pyrrole nitrogens is 2. The summed E-state index contributed by atoms with van der Waals surface area (Å²) in [5.41, 5.74) is 7.69. The van der Waals surface area contributed by atoms with Crippen molar-refractivity contribution >= 4 is 33.5 Å². The highest BCUT2D eigenvalue weighted by molar-refractivity contribution is 6.00. The third-order valence-electron chi connectivity index (χ3n) is 7.50. The number of nitrogens with one attached hydrogen (secondary N) is 3. The summed E-state index contributed by atoms with van der Waals surface area (Å²) in [5, 5.41) is 12.6. The molecule has 6 heterocycles. The minimum absolute atomic E-state index is 0.0818. The quantitative estimate of drug-likeness (QED) is 0.254. The molecule has 0 saturated heterocycles. The second-order valence-electron chi connectivity index (χ2n) is 10.1. The lowest BCUT2D eigenvalue weighted by molar-refractivity contribution is -0.120. The lowest BCUT2D eigenvalue weighted by Gasteiger charge is -2.20. The smallest absolute Gasteiger partial charge is 0.227 e. The first-order chi connectivity index (χ1) is 19.2. The van der Waals surface area contributed by atoms with Gasteiger partial charge in [-0.15, -0.1) is 0 Å². The van der Waals surface area contributed by atoms with Crippen molar-refractivity contribution in [1.82, 2.24) is 35.1 Å². The lowest BCUT2D eigenvalue weighted by atomic mass is 9.88. The largest absolute Gasteiger partial charge is 0.352 e. The minimum Gasteiger partial charge on any atom is -0.352 e. The molecule has 7 rings (SSSR count). The van der Waals surface area contributed by atoms with Crippen molar-refractivity contribution in [2.45, 2.75) is 32.1 Å². The Morgan fingerprint density at radius 2 is 1.69 bits per heavy atom. The fourth-order valence-electron chi connectivity index (χ4n) is 5.47. The standard InChI is InChI=1S/C30H26N8O/c39-30(18-5-2-1-3-6-18)35-22-9-20(13-32-15-22)21-10-24-28(37-38-29(24)34-14-21)26-11-23-25(16-33-17-27(23)36-26)19-7-4-8-31-12-19/h4,7-18,36H,1-3,5-6H2,(H,35,39)(H,34,37,38). The van der Waals surface area contributed by atoms with E-state index in [2.05, 4.69) is 52.6 Å². The van der Waals surface area contributed by atoms with E-state index in [1.165, 1.54) is 6.42 Å². The number of amides is 1. The molecular weight excluding hydrogens is 488 g/mol. The predicted octanol–water partition coefficient (Wildman–Crippen LogP) is 6.14. The summed E-state index contributed by atoms with van der Waals surface area (Å²) in [6.45, 7) is 0. The van der Waals surface area contributed by atoms with Crippen molar-refractivity contribution in [1.29, 1.82) is 0 Å². The Balaban J connectivity index is 1.23. The van der Waals surface area contributed by atoms with Gasteiger partial charge in [0, 0.05) is 69.9 Å². The molecule has 1 aliphatic rings. The number of carbonyl (C=O) groups is 1. The molecule has 0 spiro atoms. The van der Waals surface area contributed by atoms with E-state index in [0.717, 1.165) is 75.6 Å². The van der Waals surface area contributed by atoms with E-state index in [4.69, 9.17) is 0 Å². The molecule has 6 aromatic heterocycles. The number of aromatic nitrogens is 7. The van der Waals surface area contributed by atoms with Gasteiger partial charge < -0.3 is 10.3 Å². The highest BCUT2D eigenvalue weighted by Gasteiger charge is 2.21. The molecular formula is C30H26N8O. The van der Waals surface area contributed by atoms with Gasteiger partial charge in [0.1, 0.15) is 5.69 Å². The van der Waals surface area contributed by atoms with Crippen molar-refractivity contribution in [3.8, 4) is 33.6 Å². The van der Waals surface area contributed by atoms with Crippen LogP contribution in [0.4, 0.5) is 5.69 Å². The minimum atomic E-state index is 0.0818. The molecule has 0 radical (unpaired) electrons. The lowest BCUT2D eigenvalue weighted by Crippen LogP contribution is -2.24. The normalized spacial score (nSPS) is 14.2. The predicted molar refractivity (Wildman–Crippen MR) is 151 cm³/mol. The van der Waals surface area contributed by atoms with Crippen LogP contribution in [0.5, 0.6) is 0 Å². The molecule has 0 aliphatic heterocycles. The van der Waals surface area contributed by atoms with Gasteiger partial charge in [-0.3, -0.25) is 24.8 Å². The molecule has 192 valence electrons. The van der Waals surface area contributed by atoms with Gasteiger partial charge in [-0.05, 0) is 37.1 Å². The summed E-state index contributed by atoms with van der Waals surface area (Å²) >= 11 is 0. The number of aromatic amines is 2. The van der Waals surface area contributed by atoms with Crippen LogP contribution in [-0.4, -0.2) is 41.0 Å². The number of rotatable bonds is 5. The molecule has 0 atom stereocenters. The van der Waals surface area contributed by atoms with E-state index in [9.17, 15) is 4.79 Å². The molecule has 0 unspecified atom stereocenters. The molecule has 0 aromatic carbocycles. The summed E-state index contributed by atoms with van der Waals surface area (Å²) in [6.07, 6.45) is 17.9. The fraction of sp³-hybridized carbons (Fsp3) is 0.200. The third kappa shape index (κ3) is 4.41. The number of hydrogen-bond acceptors (Lipinski definition) is 6. The van der Waals surface area contributed by atoms with Gasteiger partial charge in [-0.2, -0.15) is 5.10 Å². The maximum absolute atomic E-state index is 12.8. The molecule has 9 heteroatoms. The van der Waals surface area contributed by atoms with E-state index < -0.39 is 0 Å². The van der Waals surface area contributed by atoms with Crippen LogP contribution in [0, 0.1) is 5.92 Å². The highest BCUT2D eigenvalue weighted by Crippen LogP contribution is 2.34. The summed E-state index contributed by atoms with van der Waals surface area (Å²) < 4.78 is 0. The van der Waals surface area contributed by atoms with Crippen LogP contribution >= 0.6 is 0 Å². The number of nitrogens with zero attached hydrogens (tertiary/aromatic N) is 5. The summed E-state index contributed by atoms with van der Waals surface area (Å²) in [4.78, 5) is 33.9. The van der Waals surface area contributed by atoms with Crippen molar-refractivity contribution in [2.75, 3.05) is 5.32 Å². The Morgan fingerprint density at radius 1 is 0.846 bits per heavy atom. The van der Waals surface area contributed by atoms with Crippen LogP contribution in [0.15, 0.2) is 73.7 Å². The van der Waals surface area contributed by atoms with Gasteiger partial charge in [-0.25, -0.2) is 4.98 Å². The van der Waals surface area contributed by atoms with Crippen molar-refractivity contribution < 1.29 is 4.79 Å². The first-order valence-corrected chi connectivity index (χ1v) is 13.2. The number of fused-ring (bicyclic) bond motifs is 2. The first kappa shape index (κ1) is 23.2. The molecule has 1 saturated carbocycles. The molecule has 0 bridgehead atoms. The fourth-order valence-corrected chi connectivity index (χ4v) is 5.47. The number of carbonyl (C=O) groups excluding carboxylic acids is 1. The molecule has 1 aliphatic carbocycles. The Bertz CT molecular complexity index is 1800. The van der Waals surface area contributed by atoms with Gasteiger partial charge >= 0.3 is 0 Å². The zero-order valence-electron chi connectivity index (χ0n) is 21.2. The third-order valence-corrected chi connectivity index (χ3v) is 7.50. The van der Waals surface area contributed by atoms with Crippen LogP contribution in [0.1, 0.15) is 32.1 Å². The van der Waals surface area contributed by atoms with Gasteiger partial charge in [0.2, 0.25) is 5.91 Å². The van der Waals surface area contributed by atoms with E-state index in [1.807, 2.05) is 36.8 Å². The van der Waals surface area contributed by atoms with Gasteiger partial charge in [-0.1, -0.05) is 25.3 Å². The summed E-state index contributed by atoms with van der Waals surface area (Å²) in [5.74, 6) is 0.164. The molecule has 1 amide bonds. The number of pyridine rings is 4. The Hall–Kier alpha value is -4.92. The van der Waals surface area contributed by atoms with Crippen LogP contribution in [-0.2, 0) is 4.79 Å². The Morgan fingerprint density at radius 3 is 2.56 bits per heavy atom. The zero-order valence-corrected chi connectivity index (χ0v) is 21.2. The second kappa shape index (κ2) is 9.75. The van der Waals surface area contributed by atoms with Crippen LogP contribution in [0.25, 0.3) is 55.6 Å². The van der Waals surface area contributed by atoms with Crippen LogP contribution in [0.3, 0.4) is 0 Å². The molecule has 39 heavy (non-hydrogen) atoms. The Labute approximate surface area is 224 Å². The summed E-state index contributed by atoms with van der Waals surface area (Å²) in [7, 11) is 0. The van der Waals surface area contributed by atoms with Gasteiger partial charge in [0.15, 0.2) is 5.65 Å². The molecule has 3 N–H and O–H groups in total. The molecule has 9 nitrogen and oxygen atoms in total. The average molecular weight is 515 g/mol. The van der Waals surface area contributed by atoms with Crippen LogP contribution in [0.2, 0.25) is 0 Å². The SMILES string of the molecule is O=C(Nc1cncc(-c2cnc3[nH]nc(-c4cc5c(-c6cccnc6)cncc5[nH]4)c3c2)c1)C1CCCCC1. The van der Waals surface area contributed by atoms with Crippen LogP contribution < -0.4 is 5.32 Å². The van der Waals surface area contributed by atoms with Gasteiger partial charge in [0.05, 0.1) is 29.3 Å². The van der Waals surface area contributed by atoms with Crippen molar-refractivity contribution in [2.24, 2.45) is 5.92 Å². The number of anilines is 1. The van der Waals surface area contributed by atoms with Crippen molar-refractivity contribution in [3.05, 3.63) is 73.7 Å². The maximum atomic E-state index is 12.8. The molecule has 6 aromatic rings. The zero-order chi connectivity index (χ0) is 26.2. The van der Waals surface area contributed by atoms with E-state index in [-0.39, 0.29) is 11.8 Å². The highest BCUT2D eigenvalue weighted by atomic mass is 16.1. The number of hydrogen-bond donors (Lipinski definition) is 3. The molecule has 1 fully saturated rings. The monoisotopic (exact) mass is 514 g/mol. The summed E-state index contributed by atoms with van der Waals surface area (Å²) in [6, 6.07) is 10.0. The Kier molecular flexibility index (Phi) is 5.81. The van der Waals surface area contributed by atoms with Gasteiger partial charge in [0.25, 0.3) is 0 Å². The van der Waals surface area contributed by atoms with E-state index >= 15 is 0 Å². The average Bonchev–Trinajstić information content (AvgIpc) is 3.62. The first-order valence-electron chi connectivity index (χ1n) is 13.2. The topological polar surface area (TPSA) is 125 Å². The van der Waals surface area contributed by atoms with E-state index in [0.29, 0.717) is 11.3 Å².